The third kappa shape index (κ3) is 5.07. The summed E-state index contributed by atoms with van der Waals surface area (Å²) in [5.74, 6) is 0. The highest BCUT2D eigenvalue weighted by Crippen LogP contribution is 2.11. The van der Waals surface area contributed by atoms with Crippen molar-refractivity contribution >= 4 is 9.52 Å². The maximum atomic E-state index is 9.20. The van der Waals surface area contributed by atoms with Crippen molar-refractivity contribution in [3.05, 3.63) is 0 Å². The Labute approximate surface area is 87.0 Å². The van der Waals surface area contributed by atoms with E-state index in [-0.39, 0.29) is 6.61 Å². The van der Waals surface area contributed by atoms with Gasteiger partial charge in [-0.2, -0.15) is 0 Å². The van der Waals surface area contributed by atoms with Crippen molar-refractivity contribution < 1.29 is 19.7 Å². The van der Waals surface area contributed by atoms with Gasteiger partial charge in [0.25, 0.3) is 0 Å². The van der Waals surface area contributed by atoms with E-state index in [4.69, 9.17) is 14.6 Å². The lowest BCUT2D eigenvalue weighted by Gasteiger charge is -2.16. The number of rotatable bonds is 8. The fourth-order valence-electron chi connectivity index (χ4n) is 1.28. The Balaban J connectivity index is 2.03. The maximum absolute atomic E-state index is 9.20. The van der Waals surface area contributed by atoms with Crippen LogP contribution in [0.25, 0.3) is 0 Å². The van der Waals surface area contributed by atoms with Crippen molar-refractivity contribution in [3.63, 3.8) is 0 Å². The number of aliphatic hydroxyl groups is 2. The van der Waals surface area contributed by atoms with E-state index < -0.39 is 15.6 Å². The highest BCUT2D eigenvalue weighted by atomic mass is 28.2. The Bertz CT molecular complexity index is 152. The summed E-state index contributed by atoms with van der Waals surface area (Å²) in [4.78, 5) is 0. The monoisotopic (exact) mass is 220 g/mol. The fourth-order valence-corrected chi connectivity index (χ4v) is 2.93. The first-order valence-corrected chi connectivity index (χ1v) is 7.10. The van der Waals surface area contributed by atoms with Crippen LogP contribution in [-0.2, 0) is 9.47 Å². The lowest BCUT2D eigenvalue weighted by atomic mass is 10.4. The second kappa shape index (κ2) is 6.52. The summed E-state index contributed by atoms with van der Waals surface area (Å²) < 4.78 is 10.7. The molecular weight excluding hydrogens is 200 g/mol. The molecule has 0 spiro atoms. The first kappa shape index (κ1) is 12.1. The van der Waals surface area contributed by atoms with Gasteiger partial charge in [-0.05, 0) is 12.5 Å². The van der Waals surface area contributed by atoms with E-state index in [2.05, 4.69) is 6.92 Å². The number of hydrogen-bond acceptors (Lipinski definition) is 4. The third-order valence-electron chi connectivity index (χ3n) is 2.41. The molecule has 0 aliphatic carbocycles. The molecule has 1 fully saturated rings. The van der Waals surface area contributed by atoms with Crippen molar-refractivity contribution in [3.8, 4) is 0 Å². The van der Waals surface area contributed by atoms with Gasteiger partial charge in [-0.3, -0.25) is 0 Å². The molecule has 1 aliphatic rings. The molecule has 3 unspecified atom stereocenters. The van der Waals surface area contributed by atoms with E-state index in [1.54, 1.807) is 0 Å². The number of hydrogen-bond donors (Lipinski definition) is 2. The molecule has 3 atom stereocenters. The molecule has 0 radical (unpaired) electrons. The molecule has 0 bridgehead atoms. The van der Waals surface area contributed by atoms with Crippen LogP contribution in [0.2, 0.25) is 6.04 Å². The first-order valence-electron chi connectivity index (χ1n) is 5.28. The molecule has 0 aromatic rings. The Kier molecular flexibility index (Phi) is 5.65. The predicted octanol–water partition coefficient (Wildman–Crippen LogP) is -0.922. The third-order valence-corrected chi connectivity index (χ3v) is 4.86. The van der Waals surface area contributed by atoms with E-state index in [1.165, 1.54) is 0 Å². The fraction of sp³-hybridized carbons (Fsp3) is 1.00. The predicted molar refractivity (Wildman–Crippen MR) is 56.2 cm³/mol. The van der Waals surface area contributed by atoms with Gasteiger partial charge in [0, 0.05) is 5.73 Å². The molecular formula is C9H20O4Si. The smallest absolute Gasteiger partial charge is 0.104 e. The SMILES string of the molecule is CCC(OCC1CO1)[SiH2]CC(O)CO. The van der Waals surface area contributed by atoms with Gasteiger partial charge in [-0.15, -0.1) is 0 Å². The van der Waals surface area contributed by atoms with Crippen molar-refractivity contribution in [1.29, 1.82) is 0 Å². The Morgan fingerprint density at radius 3 is 2.86 bits per heavy atom. The summed E-state index contributed by atoms with van der Waals surface area (Å²) in [5.41, 5.74) is 0.320. The van der Waals surface area contributed by atoms with Crippen LogP contribution in [-0.4, -0.2) is 57.5 Å². The number of aliphatic hydroxyl groups excluding tert-OH is 2. The molecule has 4 nitrogen and oxygen atoms in total. The lowest BCUT2D eigenvalue weighted by Crippen LogP contribution is -2.26. The summed E-state index contributed by atoms with van der Waals surface area (Å²) in [6.45, 7) is 3.49. The lowest BCUT2D eigenvalue weighted by molar-refractivity contribution is 0.0821. The molecule has 14 heavy (non-hydrogen) atoms. The molecule has 1 saturated heterocycles. The highest BCUT2D eigenvalue weighted by molar-refractivity contribution is 6.37. The van der Waals surface area contributed by atoms with Gasteiger partial charge >= 0.3 is 0 Å². The van der Waals surface area contributed by atoms with Gasteiger partial charge in [0.15, 0.2) is 0 Å². The zero-order valence-electron chi connectivity index (χ0n) is 8.69. The summed E-state index contributed by atoms with van der Waals surface area (Å²) in [6, 6.07) is 0.737. The van der Waals surface area contributed by atoms with Crippen molar-refractivity contribution in [1.82, 2.24) is 0 Å². The molecule has 0 amide bonds. The molecule has 0 aromatic heterocycles. The van der Waals surface area contributed by atoms with Gasteiger partial charge in [-0.25, -0.2) is 0 Å². The van der Waals surface area contributed by atoms with Crippen molar-refractivity contribution in [2.75, 3.05) is 19.8 Å². The van der Waals surface area contributed by atoms with Gasteiger partial charge in [-0.1, -0.05) is 6.92 Å². The van der Waals surface area contributed by atoms with E-state index in [9.17, 15) is 5.11 Å². The van der Waals surface area contributed by atoms with Gasteiger partial charge in [0.1, 0.15) is 6.10 Å². The van der Waals surface area contributed by atoms with Crippen LogP contribution in [0.1, 0.15) is 13.3 Å². The quantitative estimate of drug-likeness (QED) is 0.410. The van der Waals surface area contributed by atoms with Crippen molar-refractivity contribution in [2.45, 2.75) is 37.3 Å². The van der Waals surface area contributed by atoms with Crippen LogP contribution in [0.3, 0.4) is 0 Å². The molecule has 5 heteroatoms. The van der Waals surface area contributed by atoms with E-state index in [0.29, 0.717) is 18.4 Å². The topological polar surface area (TPSA) is 62.2 Å². The summed E-state index contributed by atoms with van der Waals surface area (Å²) in [5, 5.41) is 17.9. The second-order valence-electron chi connectivity index (χ2n) is 3.73. The van der Waals surface area contributed by atoms with Crippen LogP contribution in [0, 0.1) is 0 Å². The molecule has 84 valence electrons. The van der Waals surface area contributed by atoms with Gasteiger partial charge in [0.05, 0.1) is 35.4 Å². The standard InChI is InChI=1S/C9H20O4Si/c1-2-9(13-5-8-4-12-8)14-6-7(11)3-10/h7-11H,2-6,14H2,1H3. The number of ether oxygens (including phenoxy) is 2. The summed E-state index contributed by atoms with van der Waals surface area (Å²) in [6.07, 6.45) is 0.772. The number of epoxide rings is 1. The average molecular weight is 220 g/mol. The Morgan fingerprint density at radius 2 is 2.36 bits per heavy atom. The zero-order valence-corrected chi connectivity index (χ0v) is 10.1. The highest BCUT2D eigenvalue weighted by Gasteiger charge is 2.24. The van der Waals surface area contributed by atoms with Crippen LogP contribution < -0.4 is 0 Å². The summed E-state index contributed by atoms with van der Waals surface area (Å²) >= 11 is 0. The van der Waals surface area contributed by atoms with Crippen LogP contribution in [0.5, 0.6) is 0 Å². The molecule has 0 saturated carbocycles. The second-order valence-corrected chi connectivity index (χ2v) is 5.80. The van der Waals surface area contributed by atoms with Crippen molar-refractivity contribution in [2.24, 2.45) is 0 Å². The molecule has 1 aliphatic heterocycles. The van der Waals surface area contributed by atoms with Gasteiger partial charge in [0.2, 0.25) is 0 Å². The minimum atomic E-state index is -0.545. The molecule has 1 heterocycles. The summed E-state index contributed by atoms with van der Waals surface area (Å²) in [7, 11) is -0.436. The Hall–Kier alpha value is 0.0569. The molecule has 2 N–H and O–H groups in total. The minimum absolute atomic E-state index is 0.130. The van der Waals surface area contributed by atoms with Crippen LogP contribution in [0.4, 0.5) is 0 Å². The zero-order chi connectivity index (χ0) is 10.4. The first-order chi connectivity index (χ1) is 6.76. The van der Waals surface area contributed by atoms with E-state index in [0.717, 1.165) is 19.1 Å². The molecule has 1 rings (SSSR count). The Morgan fingerprint density at radius 1 is 1.64 bits per heavy atom. The molecule has 0 aromatic carbocycles. The maximum Gasteiger partial charge on any atom is 0.104 e. The average Bonchev–Trinajstić information content (AvgIpc) is 3.01. The van der Waals surface area contributed by atoms with Crippen LogP contribution >= 0.6 is 0 Å². The largest absolute Gasteiger partial charge is 0.394 e. The normalized spacial score (nSPS) is 25.5. The minimum Gasteiger partial charge on any atom is -0.394 e. The van der Waals surface area contributed by atoms with Gasteiger partial charge < -0.3 is 19.7 Å². The van der Waals surface area contributed by atoms with E-state index >= 15 is 0 Å². The van der Waals surface area contributed by atoms with E-state index in [1.807, 2.05) is 0 Å². The van der Waals surface area contributed by atoms with Crippen LogP contribution in [0.15, 0.2) is 0 Å².